The van der Waals surface area contributed by atoms with E-state index in [1.54, 1.807) is 0 Å². The molecule has 0 saturated heterocycles. The lowest BCUT2D eigenvalue weighted by Crippen LogP contribution is -2.10. The fraction of sp³-hybridized carbons (Fsp3) is 1.00. The van der Waals surface area contributed by atoms with E-state index in [4.69, 9.17) is 27.8 Å². The van der Waals surface area contributed by atoms with Gasteiger partial charge in [-0.3, -0.25) is 4.55 Å². The summed E-state index contributed by atoms with van der Waals surface area (Å²) in [7, 11) is -3.87. The molecule has 0 fully saturated rings. The minimum absolute atomic E-state index is 0.184. The van der Waals surface area contributed by atoms with Gasteiger partial charge in [-0.1, -0.05) is 0 Å². The quantitative estimate of drug-likeness (QED) is 0.554. The first-order valence-electron chi connectivity index (χ1n) is 2.61. The third-order valence-electron chi connectivity index (χ3n) is 0.856. The van der Waals surface area contributed by atoms with Crippen molar-refractivity contribution in [2.45, 2.75) is 11.8 Å². The van der Waals surface area contributed by atoms with E-state index >= 15 is 0 Å². The monoisotopic (exact) mass is 206 g/mol. The lowest BCUT2D eigenvalue weighted by Gasteiger charge is -2.01. The smallest absolute Gasteiger partial charge is 0.264 e. The molecule has 1 unspecified atom stereocenters. The van der Waals surface area contributed by atoms with E-state index in [2.05, 4.69) is 0 Å². The fourth-order valence-corrected chi connectivity index (χ4v) is 1.33. The molecule has 0 aromatic rings. The lowest BCUT2D eigenvalue weighted by molar-refractivity contribution is 0.481. The van der Waals surface area contributed by atoms with E-state index in [1.807, 2.05) is 0 Å². The van der Waals surface area contributed by atoms with Gasteiger partial charge in [0.15, 0.2) is 0 Å². The molecule has 0 rings (SSSR count). The molecule has 6 heteroatoms. The van der Waals surface area contributed by atoms with Gasteiger partial charge in [0, 0.05) is 11.3 Å². The second-order valence-corrected chi connectivity index (χ2v) is 4.32. The first kappa shape index (κ1) is 10.5. The molecule has 0 aliphatic carbocycles. The van der Waals surface area contributed by atoms with Crippen molar-refractivity contribution in [1.29, 1.82) is 0 Å². The molecule has 0 aliphatic rings. The maximum absolute atomic E-state index is 10.1. The summed E-state index contributed by atoms with van der Waals surface area (Å²) >= 11 is 10.7. The Kier molecular flexibility index (Phi) is 4.60. The number of hydrogen-bond acceptors (Lipinski definition) is 2. The largest absolute Gasteiger partial charge is 0.286 e. The van der Waals surface area contributed by atoms with E-state index in [9.17, 15) is 8.42 Å². The summed E-state index contributed by atoms with van der Waals surface area (Å²) in [6.45, 7) is 0. The minimum atomic E-state index is -3.87. The standard InChI is InChI=1S/C4H8Cl2O3S/c5-3-4(6)1-2-10(7,8)9/h4H,1-3H2,(H,7,8,9). The highest BCUT2D eigenvalue weighted by molar-refractivity contribution is 7.85. The van der Waals surface area contributed by atoms with Crippen LogP contribution in [-0.2, 0) is 10.1 Å². The molecule has 0 spiro atoms. The zero-order valence-corrected chi connectivity index (χ0v) is 7.45. The Labute approximate surface area is 70.1 Å². The van der Waals surface area contributed by atoms with Crippen molar-refractivity contribution < 1.29 is 13.0 Å². The highest BCUT2D eigenvalue weighted by Crippen LogP contribution is 2.05. The van der Waals surface area contributed by atoms with Gasteiger partial charge in [-0.25, -0.2) is 0 Å². The van der Waals surface area contributed by atoms with Crippen molar-refractivity contribution in [1.82, 2.24) is 0 Å². The van der Waals surface area contributed by atoms with Crippen LogP contribution in [0.25, 0.3) is 0 Å². The number of rotatable bonds is 4. The average molecular weight is 207 g/mol. The van der Waals surface area contributed by atoms with Gasteiger partial charge in [0.2, 0.25) is 0 Å². The summed E-state index contributed by atoms with van der Waals surface area (Å²) in [5.41, 5.74) is 0. The summed E-state index contributed by atoms with van der Waals surface area (Å²) in [5.74, 6) is -0.134. The predicted octanol–water partition coefficient (Wildman–Crippen LogP) is 1.11. The van der Waals surface area contributed by atoms with Gasteiger partial charge in [-0.2, -0.15) is 8.42 Å². The Balaban J connectivity index is 3.56. The fourth-order valence-electron chi connectivity index (χ4n) is 0.354. The zero-order chi connectivity index (χ0) is 8.20. The Morgan fingerprint density at radius 1 is 1.50 bits per heavy atom. The molecule has 0 saturated carbocycles. The maximum Gasteiger partial charge on any atom is 0.264 e. The van der Waals surface area contributed by atoms with Crippen LogP contribution in [0.15, 0.2) is 0 Å². The zero-order valence-electron chi connectivity index (χ0n) is 5.13. The predicted molar refractivity (Wildman–Crippen MR) is 41.4 cm³/mol. The first-order chi connectivity index (χ1) is 4.45. The summed E-state index contributed by atoms with van der Waals surface area (Å²) < 4.78 is 28.4. The molecule has 0 aromatic heterocycles. The van der Waals surface area contributed by atoms with Crippen LogP contribution in [0.5, 0.6) is 0 Å². The van der Waals surface area contributed by atoms with Crippen molar-refractivity contribution in [3.63, 3.8) is 0 Å². The molecule has 0 radical (unpaired) electrons. The highest BCUT2D eigenvalue weighted by atomic mass is 35.5. The molecule has 0 aromatic carbocycles. The van der Waals surface area contributed by atoms with Gasteiger partial charge in [0.1, 0.15) is 0 Å². The molecular weight excluding hydrogens is 199 g/mol. The third kappa shape index (κ3) is 6.61. The Morgan fingerprint density at radius 3 is 2.30 bits per heavy atom. The molecule has 0 aliphatic heterocycles. The minimum Gasteiger partial charge on any atom is -0.286 e. The van der Waals surface area contributed by atoms with Crippen LogP contribution < -0.4 is 0 Å². The second kappa shape index (κ2) is 4.38. The van der Waals surface area contributed by atoms with Crippen LogP contribution in [0.4, 0.5) is 0 Å². The number of halogens is 2. The van der Waals surface area contributed by atoms with Crippen LogP contribution in [0, 0.1) is 0 Å². The van der Waals surface area contributed by atoms with Gasteiger partial charge in [-0.15, -0.1) is 23.2 Å². The number of hydrogen-bond donors (Lipinski definition) is 1. The van der Waals surface area contributed by atoms with Crippen molar-refractivity contribution >= 4 is 33.3 Å². The topological polar surface area (TPSA) is 54.4 Å². The van der Waals surface area contributed by atoms with Crippen LogP contribution in [-0.4, -0.2) is 30.0 Å². The van der Waals surface area contributed by atoms with E-state index in [0.29, 0.717) is 0 Å². The molecule has 0 bridgehead atoms. The molecule has 3 nitrogen and oxygen atoms in total. The SMILES string of the molecule is O=S(=O)(O)CCC(Cl)CCl. The summed E-state index contributed by atoms with van der Waals surface area (Å²) in [6.07, 6.45) is 0.184. The normalized spacial score (nSPS) is 15.1. The van der Waals surface area contributed by atoms with E-state index in [1.165, 1.54) is 0 Å². The molecule has 0 heterocycles. The van der Waals surface area contributed by atoms with Crippen molar-refractivity contribution in [3.05, 3.63) is 0 Å². The van der Waals surface area contributed by atoms with E-state index in [0.717, 1.165) is 0 Å². The summed E-state index contributed by atoms with van der Waals surface area (Å²) in [4.78, 5) is 0. The van der Waals surface area contributed by atoms with Gasteiger partial charge in [-0.05, 0) is 6.42 Å². The van der Waals surface area contributed by atoms with E-state index in [-0.39, 0.29) is 23.4 Å². The van der Waals surface area contributed by atoms with Crippen molar-refractivity contribution in [2.24, 2.45) is 0 Å². The molecule has 10 heavy (non-hydrogen) atoms. The number of alkyl halides is 2. The van der Waals surface area contributed by atoms with Gasteiger partial charge in [0.05, 0.1) is 5.75 Å². The second-order valence-electron chi connectivity index (χ2n) is 1.83. The first-order valence-corrected chi connectivity index (χ1v) is 5.19. The molecular formula is C4H8Cl2O3S. The van der Waals surface area contributed by atoms with Crippen LogP contribution in [0.3, 0.4) is 0 Å². The molecule has 1 atom stereocenters. The Bertz CT molecular complexity index is 177. The van der Waals surface area contributed by atoms with Crippen LogP contribution in [0.2, 0.25) is 0 Å². The van der Waals surface area contributed by atoms with Crippen molar-refractivity contribution in [3.8, 4) is 0 Å². The van der Waals surface area contributed by atoms with Crippen molar-refractivity contribution in [2.75, 3.05) is 11.6 Å². The molecule has 62 valence electrons. The van der Waals surface area contributed by atoms with E-state index < -0.39 is 10.1 Å². The van der Waals surface area contributed by atoms with Gasteiger partial charge >= 0.3 is 0 Å². The third-order valence-corrected chi connectivity index (χ3v) is 2.51. The summed E-state index contributed by atoms with van der Waals surface area (Å²) in [5, 5.41) is -0.386. The Morgan fingerprint density at radius 2 is 2.00 bits per heavy atom. The highest BCUT2D eigenvalue weighted by Gasteiger charge is 2.09. The summed E-state index contributed by atoms with van der Waals surface area (Å²) in [6, 6.07) is 0. The molecule has 0 amide bonds. The molecule has 1 N–H and O–H groups in total. The average Bonchev–Trinajstić information content (AvgIpc) is 1.81. The van der Waals surface area contributed by atoms with Gasteiger partial charge < -0.3 is 0 Å². The van der Waals surface area contributed by atoms with Crippen LogP contribution >= 0.6 is 23.2 Å². The van der Waals surface area contributed by atoms with Gasteiger partial charge in [0.25, 0.3) is 10.1 Å². The maximum atomic E-state index is 10.1. The Hall–Kier alpha value is 0.490. The van der Waals surface area contributed by atoms with Crippen LogP contribution in [0.1, 0.15) is 6.42 Å². The lowest BCUT2D eigenvalue weighted by atomic mass is 10.4.